The fourth-order valence-electron chi connectivity index (χ4n) is 3.96. The summed E-state index contributed by atoms with van der Waals surface area (Å²) in [6.45, 7) is 4.16. The monoisotopic (exact) mass is 340 g/mol. The number of hydrogen-bond donors (Lipinski definition) is 0. The van der Waals surface area contributed by atoms with Gasteiger partial charge in [0.25, 0.3) is 0 Å². The molecule has 3 rings (SSSR count). The summed E-state index contributed by atoms with van der Waals surface area (Å²) >= 11 is 0. The predicted molar refractivity (Wildman–Crippen MR) is 111 cm³/mol. The summed E-state index contributed by atoms with van der Waals surface area (Å²) in [5.41, 5.74) is 4.65. The molecule has 2 aromatic rings. The molecule has 132 valence electrons. The quantitative estimate of drug-likeness (QED) is 0.557. The molecule has 0 aromatic heterocycles. The summed E-state index contributed by atoms with van der Waals surface area (Å²) in [4.78, 5) is 0. The van der Waals surface area contributed by atoms with Crippen LogP contribution in [0.3, 0.4) is 0 Å². The lowest BCUT2D eigenvalue weighted by Crippen LogP contribution is -2.13. The third-order valence-corrected chi connectivity index (χ3v) is 5.43. The van der Waals surface area contributed by atoms with Crippen molar-refractivity contribution in [2.24, 2.45) is 5.92 Å². The SMILES string of the molecule is CC#Cc1ccc(C#Cc2ccc(C3CCC(CCC)CC3)cc2)cc1. The number of rotatable bonds is 3. The third kappa shape index (κ3) is 5.03. The van der Waals surface area contributed by atoms with Gasteiger partial charge in [0.15, 0.2) is 0 Å². The Hall–Kier alpha value is -2.44. The van der Waals surface area contributed by atoms with E-state index in [1.54, 1.807) is 0 Å². The van der Waals surface area contributed by atoms with E-state index in [0.29, 0.717) is 0 Å². The number of hydrogen-bond acceptors (Lipinski definition) is 0. The van der Waals surface area contributed by atoms with E-state index in [0.717, 1.165) is 28.5 Å². The van der Waals surface area contributed by atoms with Crippen LogP contribution < -0.4 is 0 Å². The topological polar surface area (TPSA) is 0 Å². The second kappa shape index (κ2) is 9.31. The van der Waals surface area contributed by atoms with Crippen molar-refractivity contribution < 1.29 is 0 Å². The van der Waals surface area contributed by atoms with Crippen molar-refractivity contribution in [1.82, 2.24) is 0 Å². The fraction of sp³-hybridized carbons (Fsp3) is 0.385. The molecule has 0 atom stereocenters. The van der Waals surface area contributed by atoms with Gasteiger partial charge in [-0.3, -0.25) is 0 Å². The van der Waals surface area contributed by atoms with Gasteiger partial charge in [-0.05, 0) is 86.4 Å². The maximum atomic E-state index is 3.28. The van der Waals surface area contributed by atoms with E-state index in [1.807, 2.05) is 31.2 Å². The Kier molecular flexibility index (Phi) is 6.57. The summed E-state index contributed by atoms with van der Waals surface area (Å²) < 4.78 is 0. The van der Waals surface area contributed by atoms with Crippen molar-refractivity contribution in [2.45, 2.75) is 58.3 Å². The van der Waals surface area contributed by atoms with Crippen LogP contribution in [0.25, 0.3) is 0 Å². The molecule has 0 aliphatic heterocycles. The van der Waals surface area contributed by atoms with Crippen molar-refractivity contribution in [2.75, 3.05) is 0 Å². The van der Waals surface area contributed by atoms with Crippen molar-refractivity contribution >= 4 is 0 Å². The normalized spacial score (nSPS) is 19.0. The molecule has 0 saturated heterocycles. The standard InChI is InChI=1S/C26H28/c1-3-5-21-7-9-23(10-8-21)11-12-24-15-19-26(20-16-24)25-17-13-22(6-4-2)14-18-25/h7-10,15-16,19-20,22,25H,4,6,13-14,17-18H2,1-2H3. The lowest BCUT2D eigenvalue weighted by atomic mass is 9.77. The first-order valence-corrected chi connectivity index (χ1v) is 9.93. The molecule has 0 heteroatoms. The molecular weight excluding hydrogens is 312 g/mol. The minimum absolute atomic E-state index is 0.748. The van der Waals surface area contributed by atoms with Crippen LogP contribution in [0.4, 0.5) is 0 Å². The van der Waals surface area contributed by atoms with E-state index >= 15 is 0 Å². The van der Waals surface area contributed by atoms with Crippen molar-refractivity contribution in [1.29, 1.82) is 0 Å². The molecule has 1 saturated carbocycles. The highest BCUT2D eigenvalue weighted by Crippen LogP contribution is 2.37. The Morgan fingerprint density at radius 1 is 0.731 bits per heavy atom. The van der Waals surface area contributed by atoms with Crippen LogP contribution in [-0.4, -0.2) is 0 Å². The molecule has 0 radical (unpaired) electrons. The summed E-state index contributed by atoms with van der Waals surface area (Å²) in [5, 5.41) is 0. The average Bonchev–Trinajstić information content (AvgIpc) is 2.69. The zero-order valence-corrected chi connectivity index (χ0v) is 16.0. The second-order valence-electron chi connectivity index (χ2n) is 7.33. The molecule has 1 fully saturated rings. The summed E-state index contributed by atoms with van der Waals surface area (Å²) in [7, 11) is 0. The van der Waals surface area contributed by atoms with Gasteiger partial charge in [0.05, 0.1) is 0 Å². The third-order valence-electron chi connectivity index (χ3n) is 5.43. The van der Waals surface area contributed by atoms with Gasteiger partial charge >= 0.3 is 0 Å². The van der Waals surface area contributed by atoms with Gasteiger partial charge in [-0.1, -0.05) is 49.7 Å². The van der Waals surface area contributed by atoms with Crippen molar-refractivity contribution in [3.63, 3.8) is 0 Å². The molecule has 0 spiro atoms. The zero-order chi connectivity index (χ0) is 18.2. The minimum atomic E-state index is 0.748. The van der Waals surface area contributed by atoms with Crippen LogP contribution in [0, 0.1) is 29.6 Å². The van der Waals surface area contributed by atoms with Crippen molar-refractivity contribution in [3.8, 4) is 23.7 Å². The molecule has 0 amide bonds. The Morgan fingerprint density at radius 3 is 1.73 bits per heavy atom. The van der Waals surface area contributed by atoms with Crippen LogP contribution in [-0.2, 0) is 0 Å². The Morgan fingerprint density at radius 2 is 1.23 bits per heavy atom. The fourth-order valence-corrected chi connectivity index (χ4v) is 3.96. The molecule has 2 aromatic carbocycles. The van der Waals surface area contributed by atoms with Gasteiger partial charge in [0.1, 0.15) is 0 Å². The first-order valence-electron chi connectivity index (χ1n) is 9.93. The maximum Gasteiger partial charge on any atom is 0.0249 e. The molecule has 0 heterocycles. The van der Waals surface area contributed by atoms with Crippen LogP contribution in [0.5, 0.6) is 0 Å². The second-order valence-corrected chi connectivity index (χ2v) is 7.33. The molecule has 0 bridgehead atoms. The first kappa shape index (κ1) is 18.4. The van der Waals surface area contributed by atoms with Gasteiger partial charge in [0.2, 0.25) is 0 Å². The van der Waals surface area contributed by atoms with Gasteiger partial charge in [0, 0.05) is 16.7 Å². The zero-order valence-electron chi connectivity index (χ0n) is 16.0. The molecule has 0 nitrogen and oxygen atoms in total. The van der Waals surface area contributed by atoms with Crippen LogP contribution >= 0.6 is 0 Å². The molecule has 0 unspecified atom stereocenters. The summed E-state index contributed by atoms with van der Waals surface area (Å²) in [6, 6.07) is 17.1. The van der Waals surface area contributed by atoms with E-state index < -0.39 is 0 Å². The minimum Gasteiger partial charge on any atom is -0.101 e. The van der Waals surface area contributed by atoms with E-state index in [4.69, 9.17) is 0 Å². The van der Waals surface area contributed by atoms with E-state index in [9.17, 15) is 0 Å². The maximum absolute atomic E-state index is 3.28. The highest BCUT2D eigenvalue weighted by atomic mass is 14.3. The predicted octanol–water partition coefficient (Wildman–Crippen LogP) is 6.53. The van der Waals surface area contributed by atoms with Crippen LogP contribution in [0.15, 0.2) is 48.5 Å². The lowest BCUT2D eigenvalue weighted by molar-refractivity contribution is 0.308. The van der Waals surface area contributed by atoms with Gasteiger partial charge < -0.3 is 0 Å². The molecule has 0 N–H and O–H groups in total. The Labute approximate surface area is 159 Å². The highest BCUT2D eigenvalue weighted by molar-refractivity contribution is 5.46. The Bertz CT molecular complexity index is 808. The van der Waals surface area contributed by atoms with Gasteiger partial charge in [-0.2, -0.15) is 0 Å². The largest absolute Gasteiger partial charge is 0.101 e. The number of benzene rings is 2. The molecular formula is C26H28. The first-order chi connectivity index (χ1) is 12.8. The average molecular weight is 341 g/mol. The highest BCUT2D eigenvalue weighted by Gasteiger charge is 2.21. The molecule has 1 aliphatic carbocycles. The van der Waals surface area contributed by atoms with Crippen molar-refractivity contribution in [3.05, 3.63) is 70.8 Å². The van der Waals surface area contributed by atoms with E-state index in [2.05, 4.69) is 54.9 Å². The van der Waals surface area contributed by atoms with E-state index in [-0.39, 0.29) is 0 Å². The Balaban J connectivity index is 1.61. The smallest absolute Gasteiger partial charge is 0.0249 e. The van der Waals surface area contributed by atoms with Crippen LogP contribution in [0.2, 0.25) is 0 Å². The van der Waals surface area contributed by atoms with Crippen LogP contribution in [0.1, 0.15) is 80.5 Å². The summed E-state index contributed by atoms with van der Waals surface area (Å²) in [6.07, 6.45) is 8.24. The molecule has 1 aliphatic rings. The van der Waals surface area contributed by atoms with Gasteiger partial charge in [-0.25, -0.2) is 0 Å². The van der Waals surface area contributed by atoms with Gasteiger partial charge in [-0.15, -0.1) is 5.92 Å². The van der Waals surface area contributed by atoms with E-state index in [1.165, 1.54) is 44.1 Å². The summed E-state index contributed by atoms with van der Waals surface area (Å²) in [5.74, 6) is 14.2. The molecule has 26 heavy (non-hydrogen) atoms. The lowest BCUT2D eigenvalue weighted by Gasteiger charge is -2.28.